The van der Waals surface area contributed by atoms with Crippen molar-refractivity contribution in [1.29, 1.82) is 0 Å². The van der Waals surface area contributed by atoms with Crippen LogP contribution in [0, 0.1) is 5.92 Å². The van der Waals surface area contributed by atoms with E-state index in [9.17, 15) is 9.90 Å². The van der Waals surface area contributed by atoms with E-state index in [-0.39, 0.29) is 5.97 Å². The lowest BCUT2D eigenvalue weighted by molar-refractivity contribution is -0.144. The van der Waals surface area contributed by atoms with Crippen molar-refractivity contribution < 1.29 is 14.6 Å². The summed E-state index contributed by atoms with van der Waals surface area (Å²) in [5, 5.41) is 9.32. The van der Waals surface area contributed by atoms with Crippen LogP contribution in [0.5, 0.6) is 5.75 Å². The van der Waals surface area contributed by atoms with Gasteiger partial charge in [-0.15, -0.1) is 0 Å². The zero-order valence-corrected chi connectivity index (χ0v) is 10.5. The molecule has 17 heavy (non-hydrogen) atoms. The third-order valence-corrected chi connectivity index (χ3v) is 2.66. The van der Waals surface area contributed by atoms with Gasteiger partial charge in [0.05, 0.1) is 6.61 Å². The fourth-order valence-corrected chi connectivity index (χ4v) is 1.73. The molecule has 0 saturated heterocycles. The smallest absolute Gasteiger partial charge is 0.306 e. The molecular weight excluding hydrogens is 216 g/mol. The normalized spacial score (nSPS) is 12.1. The summed E-state index contributed by atoms with van der Waals surface area (Å²) < 4.78 is 4.90. The number of carbonyl (C=O) groups is 1. The Hall–Kier alpha value is -1.51. The van der Waals surface area contributed by atoms with E-state index in [1.54, 1.807) is 12.1 Å². The van der Waals surface area contributed by atoms with Gasteiger partial charge in [-0.25, -0.2) is 0 Å². The molecule has 0 aliphatic rings. The molecule has 0 fully saturated rings. The minimum Gasteiger partial charge on any atom is -0.508 e. The van der Waals surface area contributed by atoms with E-state index in [0.717, 1.165) is 18.4 Å². The first kappa shape index (κ1) is 13.6. The SMILES string of the molecule is CCOC(=O)C[C@@H](C)CCc1cccc(O)c1. The molecule has 0 unspecified atom stereocenters. The Morgan fingerprint density at radius 3 is 2.88 bits per heavy atom. The lowest BCUT2D eigenvalue weighted by Gasteiger charge is -2.10. The Bertz CT molecular complexity index is 360. The Kier molecular flexibility index (Phi) is 5.53. The Balaban J connectivity index is 2.33. The summed E-state index contributed by atoms with van der Waals surface area (Å²) in [6, 6.07) is 7.24. The predicted octanol–water partition coefficient (Wildman–Crippen LogP) is 2.91. The van der Waals surface area contributed by atoms with Crippen LogP contribution in [0.4, 0.5) is 0 Å². The summed E-state index contributed by atoms with van der Waals surface area (Å²) in [7, 11) is 0. The fourth-order valence-electron chi connectivity index (χ4n) is 1.73. The summed E-state index contributed by atoms with van der Waals surface area (Å²) >= 11 is 0. The van der Waals surface area contributed by atoms with Crippen LogP contribution in [-0.4, -0.2) is 17.7 Å². The first-order valence-corrected chi connectivity index (χ1v) is 6.05. The standard InChI is InChI=1S/C14H20O3/c1-3-17-14(16)9-11(2)7-8-12-5-4-6-13(15)10-12/h4-6,10-11,15H,3,7-9H2,1-2H3/t11-/m0/s1. The number of carbonyl (C=O) groups excluding carboxylic acids is 1. The number of hydrogen-bond acceptors (Lipinski definition) is 3. The second-order valence-corrected chi connectivity index (χ2v) is 4.32. The van der Waals surface area contributed by atoms with Crippen LogP contribution < -0.4 is 0 Å². The van der Waals surface area contributed by atoms with Crippen molar-refractivity contribution in [3.05, 3.63) is 29.8 Å². The molecule has 1 N–H and O–H groups in total. The predicted molar refractivity (Wildman–Crippen MR) is 66.8 cm³/mol. The van der Waals surface area contributed by atoms with Gasteiger partial charge in [-0.3, -0.25) is 4.79 Å². The average molecular weight is 236 g/mol. The second kappa shape index (κ2) is 6.94. The quantitative estimate of drug-likeness (QED) is 0.772. The van der Waals surface area contributed by atoms with Crippen molar-refractivity contribution in [2.75, 3.05) is 6.61 Å². The zero-order chi connectivity index (χ0) is 12.7. The Morgan fingerprint density at radius 2 is 2.24 bits per heavy atom. The zero-order valence-electron chi connectivity index (χ0n) is 10.5. The van der Waals surface area contributed by atoms with Gasteiger partial charge in [0.2, 0.25) is 0 Å². The highest BCUT2D eigenvalue weighted by atomic mass is 16.5. The molecule has 1 aromatic carbocycles. The summed E-state index contributed by atoms with van der Waals surface area (Å²) in [6.07, 6.45) is 2.25. The molecule has 0 aromatic heterocycles. The molecule has 1 aromatic rings. The van der Waals surface area contributed by atoms with E-state index >= 15 is 0 Å². The molecule has 0 amide bonds. The van der Waals surface area contributed by atoms with Crippen LogP contribution in [0.1, 0.15) is 32.3 Å². The number of aromatic hydroxyl groups is 1. The highest BCUT2D eigenvalue weighted by Gasteiger charge is 2.09. The van der Waals surface area contributed by atoms with Gasteiger partial charge in [0.25, 0.3) is 0 Å². The van der Waals surface area contributed by atoms with Crippen LogP contribution in [0.2, 0.25) is 0 Å². The van der Waals surface area contributed by atoms with Gasteiger partial charge >= 0.3 is 5.97 Å². The second-order valence-electron chi connectivity index (χ2n) is 4.32. The molecule has 1 rings (SSSR count). The van der Waals surface area contributed by atoms with Gasteiger partial charge in [-0.1, -0.05) is 19.1 Å². The number of ether oxygens (including phenoxy) is 1. The van der Waals surface area contributed by atoms with E-state index in [1.165, 1.54) is 0 Å². The van der Waals surface area contributed by atoms with Gasteiger partial charge in [-0.2, -0.15) is 0 Å². The lowest BCUT2D eigenvalue weighted by atomic mass is 9.98. The molecule has 0 radical (unpaired) electrons. The first-order chi connectivity index (χ1) is 8.11. The van der Waals surface area contributed by atoms with E-state index in [4.69, 9.17) is 4.74 Å². The summed E-state index contributed by atoms with van der Waals surface area (Å²) in [5.41, 5.74) is 1.10. The Labute approximate surface area is 102 Å². The number of benzene rings is 1. The lowest BCUT2D eigenvalue weighted by Crippen LogP contribution is -2.10. The van der Waals surface area contributed by atoms with Crippen molar-refractivity contribution >= 4 is 5.97 Å². The molecular formula is C14H20O3. The van der Waals surface area contributed by atoms with E-state index in [2.05, 4.69) is 0 Å². The molecule has 0 bridgehead atoms. The van der Waals surface area contributed by atoms with Crippen molar-refractivity contribution in [3.63, 3.8) is 0 Å². The number of phenolic OH excluding ortho intramolecular Hbond substituents is 1. The number of aryl methyl sites for hydroxylation is 1. The van der Waals surface area contributed by atoms with Crippen LogP contribution >= 0.6 is 0 Å². The first-order valence-electron chi connectivity index (χ1n) is 6.05. The van der Waals surface area contributed by atoms with E-state index in [0.29, 0.717) is 24.7 Å². The van der Waals surface area contributed by atoms with Crippen LogP contribution in [0.15, 0.2) is 24.3 Å². The molecule has 0 saturated carbocycles. The van der Waals surface area contributed by atoms with Crippen LogP contribution in [0.25, 0.3) is 0 Å². The monoisotopic (exact) mass is 236 g/mol. The fraction of sp³-hybridized carbons (Fsp3) is 0.500. The maximum Gasteiger partial charge on any atom is 0.306 e. The number of esters is 1. The topological polar surface area (TPSA) is 46.5 Å². The average Bonchev–Trinajstić information content (AvgIpc) is 2.27. The maximum absolute atomic E-state index is 11.3. The minimum absolute atomic E-state index is 0.129. The van der Waals surface area contributed by atoms with Crippen molar-refractivity contribution in [3.8, 4) is 5.75 Å². The minimum atomic E-state index is -0.129. The molecule has 0 spiro atoms. The highest BCUT2D eigenvalue weighted by Crippen LogP contribution is 2.16. The summed E-state index contributed by atoms with van der Waals surface area (Å²) in [4.78, 5) is 11.3. The van der Waals surface area contributed by atoms with Crippen molar-refractivity contribution in [2.24, 2.45) is 5.92 Å². The highest BCUT2D eigenvalue weighted by molar-refractivity contribution is 5.69. The number of hydrogen-bond donors (Lipinski definition) is 1. The summed E-state index contributed by atoms with van der Waals surface area (Å²) in [5.74, 6) is 0.466. The molecule has 3 nitrogen and oxygen atoms in total. The molecule has 94 valence electrons. The number of rotatable bonds is 6. The van der Waals surface area contributed by atoms with Gasteiger partial charge < -0.3 is 9.84 Å². The van der Waals surface area contributed by atoms with E-state index < -0.39 is 0 Å². The van der Waals surface area contributed by atoms with Gasteiger partial charge in [0, 0.05) is 6.42 Å². The van der Waals surface area contributed by atoms with Crippen LogP contribution in [-0.2, 0) is 16.0 Å². The third kappa shape index (κ3) is 5.38. The third-order valence-electron chi connectivity index (χ3n) is 2.66. The molecule has 3 heteroatoms. The molecule has 0 heterocycles. The van der Waals surface area contributed by atoms with Crippen molar-refractivity contribution in [1.82, 2.24) is 0 Å². The van der Waals surface area contributed by atoms with Crippen LogP contribution in [0.3, 0.4) is 0 Å². The van der Waals surface area contributed by atoms with E-state index in [1.807, 2.05) is 26.0 Å². The largest absolute Gasteiger partial charge is 0.508 e. The van der Waals surface area contributed by atoms with Gasteiger partial charge in [-0.05, 0) is 43.4 Å². The Morgan fingerprint density at radius 1 is 1.47 bits per heavy atom. The molecule has 0 aliphatic carbocycles. The number of phenols is 1. The summed E-state index contributed by atoms with van der Waals surface area (Å²) in [6.45, 7) is 4.30. The van der Waals surface area contributed by atoms with Crippen molar-refractivity contribution in [2.45, 2.75) is 33.1 Å². The maximum atomic E-state index is 11.3. The van der Waals surface area contributed by atoms with Gasteiger partial charge in [0.15, 0.2) is 0 Å². The molecule has 1 atom stereocenters. The molecule has 0 aliphatic heterocycles. The van der Waals surface area contributed by atoms with Gasteiger partial charge in [0.1, 0.15) is 5.75 Å².